The summed E-state index contributed by atoms with van der Waals surface area (Å²) in [5.74, 6) is -0.984. The van der Waals surface area contributed by atoms with Crippen molar-refractivity contribution in [3.63, 3.8) is 0 Å². The summed E-state index contributed by atoms with van der Waals surface area (Å²) < 4.78 is 21.4. The summed E-state index contributed by atoms with van der Waals surface area (Å²) in [6.45, 7) is 9.03. The third kappa shape index (κ3) is 4.81. The van der Waals surface area contributed by atoms with E-state index in [2.05, 4.69) is 0 Å². The second kappa shape index (κ2) is 7.45. The number of rotatable bonds is 4. The van der Waals surface area contributed by atoms with Crippen LogP contribution in [0.3, 0.4) is 0 Å². The van der Waals surface area contributed by atoms with Gasteiger partial charge in [0.2, 0.25) is 0 Å². The molecule has 0 aliphatic carbocycles. The van der Waals surface area contributed by atoms with E-state index in [0.717, 1.165) is 0 Å². The average molecular weight is 361 g/mol. The van der Waals surface area contributed by atoms with Gasteiger partial charge in [0, 0.05) is 5.92 Å². The maximum atomic E-state index is 12.8. The zero-order valence-electron chi connectivity index (χ0n) is 15.6. The van der Waals surface area contributed by atoms with Crippen molar-refractivity contribution in [2.45, 2.75) is 64.7 Å². The first-order valence-corrected chi connectivity index (χ1v) is 8.18. The number of nitrogens with zero attached hydrogens (tertiary/aromatic N) is 1. The van der Waals surface area contributed by atoms with E-state index in [1.165, 1.54) is 12.0 Å². The predicted molar refractivity (Wildman–Crippen MR) is 83.9 cm³/mol. The number of ether oxygens (including phenoxy) is 4. The number of esters is 1. The Morgan fingerprint density at radius 3 is 2.52 bits per heavy atom. The van der Waals surface area contributed by atoms with Crippen molar-refractivity contribution in [1.29, 1.82) is 0 Å². The molecule has 0 saturated carbocycles. The largest absolute Gasteiger partial charge is 0.469 e. The van der Waals surface area contributed by atoms with Crippen LogP contribution in [0.1, 0.15) is 41.0 Å². The van der Waals surface area contributed by atoms with Crippen LogP contribution in [-0.2, 0) is 33.5 Å². The molecule has 2 fully saturated rings. The third-order valence-corrected chi connectivity index (χ3v) is 4.03. The van der Waals surface area contributed by atoms with E-state index in [-0.39, 0.29) is 19.8 Å². The van der Waals surface area contributed by atoms with Crippen LogP contribution >= 0.6 is 0 Å². The summed E-state index contributed by atoms with van der Waals surface area (Å²) >= 11 is 0. The summed E-state index contributed by atoms with van der Waals surface area (Å²) in [6.07, 6.45) is -1.37. The van der Waals surface area contributed by atoms with Gasteiger partial charge in [-0.3, -0.25) is 9.69 Å². The molecular weight excluding hydrogens is 334 g/mol. The number of carbonyl (C=O) groups is 2. The Hall–Kier alpha value is -1.42. The van der Waals surface area contributed by atoms with E-state index < -0.39 is 41.6 Å². The lowest BCUT2D eigenvalue weighted by molar-refractivity contribution is -0.290. The summed E-state index contributed by atoms with van der Waals surface area (Å²) in [6, 6.07) is -0.504. The Balaban J connectivity index is 2.26. The fourth-order valence-corrected chi connectivity index (χ4v) is 2.92. The minimum absolute atomic E-state index is 0.0199. The molecule has 0 aromatic heterocycles. The van der Waals surface area contributed by atoms with Crippen LogP contribution in [-0.4, -0.2) is 61.1 Å². The number of amides is 1. The van der Waals surface area contributed by atoms with E-state index in [4.69, 9.17) is 28.7 Å². The molecule has 2 rings (SSSR count). The van der Waals surface area contributed by atoms with Crippen molar-refractivity contribution < 1.29 is 38.3 Å². The highest BCUT2D eigenvalue weighted by molar-refractivity contribution is 5.71. The normalized spacial score (nSPS) is 27.2. The maximum Gasteiger partial charge on any atom is 0.412 e. The molecule has 2 heterocycles. The third-order valence-electron chi connectivity index (χ3n) is 4.03. The van der Waals surface area contributed by atoms with E-state index in [9.17, 15) is 9.59 Å². The second-order valence-electron chi connectivity index (χ2n) is 7.49. The summed E-state index contributed by atoms with van der Waals surface area (Å²) in [7, 11) is 1.30. The van der Waals surface area contributed by atoms with Gasteiger partial charge in [0.15, 0.2) is 13.1 Å². The quantitative estimate of drug-likeness (QED) is 0.553. The van der Waals surface area contributed by atoms with Crippen molar-refractivity contribution in [1.82, 2.24) is 4.90 Å². The Bertz CT molecular complexity index is 495. The topological polar surface area (TPSA) is 92.8 Å². The molecule has 0 N–H and O–H groups in total. The highest BCUT2D eigenvalue weighted by Crippen LogP contribution is 2.37. The molecular formula is C16H27NO8. The number of hydrogen-bond acceptors (Lipinski definition) is 8. The van der Waals surface area contributed by atoms with Crippen molar-refractivity contribution in [3.05, 3.63) is 0 Å². The lowest BCUT2D eigenvalue weighted by Crippen LogP contribution is -2.54. The van der Waals surface area contributed by atoms with E-state index in [1.54, 1.807) is 34.6 Å². The lowest BCUT2D eigenvalue weighted by atomic mass is 9.94. The Kier molecular flexibility index (Phi) is 5.93. The highest BCUT2D eigenvalue weighted by atomic mass is 17.3. The number of carbonyl (C=O) groups excluding carboxylic acids is 2. The minimum Gasteiger partial charge on any atom is -0.469 e. The molecule has 9 heteroatoms. The smallest absolute Gasteiger partial charge is 0.412 e. The Labute approximate surface area is 147 Å². The van der Waals surface area contributed by atoms with Gasteiger partial charge in [-0.2, -0.15) is 0 Å². The SMILES string of the molecule is COC(=O)C[C@H](C1OCOO1)[C@@H]1COC(C)(C)N1C(=O)OC(C)(C)C. The van der Waals surface area contributed by atoms with Gasteiger partial charge in [0.1, 0.15) is 11.3 Å². The second-order valence-corrected chi connectivity index (χ2v) is 7.49. The zero-order valence-corrected chi connectivity index (χ0v) is 15.6. The van der Waals surface area contributed by atoms with Gasteiger partial charge in [-0.15, -0.1) is 0 Å². The molecule has 9 nitrogen and oxygen atoms in total. The van der Waals surface area contributed by atoms with Crippen LogP contribution in [0.4, 0.5) is 4.79 Å². The first-order valence-electron chi connectivity index (χ1n) is 8.18. The van der Waals surface area contributed by atoms with Crippen LogP contribution in [0.5, 0.6) is 0 Å². The van der Waals surface area contributed by atoms with E-state index in [0.29, 0.717) is 0 Å². The standard InChI is InChI=1S/C16H27NO8/c1-15(2,3)24-14(19)17-11(8-22-16(17,4)5)10(7-12(18)20-6)13-21-9-23-25-13/h10-11,13H,7-9H2,1-6H3/t10-,11-,13?/m0/s1. The van der Waals surface area contributed by atoms with Crippen molar-refractivity contribution in [2.24, 2.45) is 5.92 Å². The molecule has 2 aliphatic heterocycles. The molecule has 0 radical (unpaired) electrons. The van der Waals surface area contributed by atoms with Gasteiger partial charge >= 0.3 is 12.1 Å². The van der Waals surface area contributed by atoms with Crippen molar-refractivity contribution >= 4 is 12.1 Å². The summed E-state index contributed by atoms with van der Waals surface area (Å²) in [5, 5.41) is 0. The Morgan fingerprint density at radius 2 is 2.00 bits per heavy atom. The molecule has 0 bridgehead atoms. The molecule has 25 heavy (non-hydrogen) atoms. The van der Waals surface area contributed by atoms with Gasteiger partial charge in [-0.25, -0.2) is 14.6 Å². The fraction of sp³-hybridized carbons (Fsp3) is 0.875. The summed E-state index contributed by atoms with van der Waals surface area (Å²) in [4.78, 5) is 36.0. The van der Waals surface area contributed by atoms with Crippen LogP contribution in [0.25, 0.3) is 0 Å². The fourth-order valence-electron chi connectivity index (χ4n) is 2.92. The maximum absolute atomic E-state index is 12.8. The highest BCUT2D eigenvalue weighted by Gasteiger charge is 2.52. The first-order chi connectivity index (χ1) is 11.5. The first kappa shape index (κ1) is 19.9. The molecule has 0 spiro atoms. The molecule has 3 atom stereocenters. The molecule has 1 amide bonds. The lowest BCUT2D eigenvalue weighted by Gasteiger charge is -2.38. The summed E-state index contributed by atoms with van der Waals surface area (Å²) in [5.41, 5.74) is -1.57. The van der Waals surface area contributed by atoms with Gasteiger partial charge in [0.25, 0.3) is 0 Å². The predicted octanol–water partition coefficient (Wildman–Crippen LogP) is 1.80. The van der Waals surface area contributed by atoms with Crippen LogP contribution in [0.15, 0.2) is 0 Å². The van der Waals surface area contributed by atoms with Gasteiger partial charge in [-0.1, -0.05) is 0 Å². The Morgan fingerprint density at radius 1 is 1.32 bits per heavy atom. The molecule has 1 unspecified atom stereocenters. The van der Waals surface area contributed by atoms with E-state index >= 15 is 0 Å². The number of hydrogen-bond donors (Lipinski definition) is 0. The van der Waals surface area contributed by atoms with Crippen LogP contribution < -0.4 is 0 Å². The zero-order chi connectivity index (χ0) is 18.8. The van der Waals surface area contributed by atoms with Crippen molar-refractivity contribution in [2.75, 3.05) is 20.5 Å². The van der Waals surface area contributed by atoms with Crippen LogP contribution in [0, 0.1) is 5.92 Å². The molecule has 144 valence electrons. The molecule has 0 aromatic rings. The number of methoxy groups -OCH3 is 1. The minimum atomic E-state index is -0.902. The van der Waals surface area contributed by atoms with Gasteiger partial charge in [0.05, 0.1) is 26.2 Å². The van der Waals surface area contributed by atoms with Gasteiger partial charge in [-0.05, 0) is 34.6 Å². The molecule has 2 aliphatic rings. The van der Waals surface area contributed by atoms with Crippen molar-refractivity contribution in [3.8, 4) is 0 Å². The van der Waals surface area contributed by atoms with E-state index in [1.807, 2.05) is 0 Å². The monoisotopic (exact) mass is 361 g/mol. The average Bonchev–Trinajstić information content (AvgIpc) is 3.10. The van der Waals surface area contributed by atoms with Gasteiger partial charge < -0.3 is 18.9 Å². The molecule has 2 saturated heterocycles. The van der Waals surface area contributed by atoms with Crippen LogP contribution in [0.2, 0.25) is 0 Å². The molecule has 0 aromatic carbocycles.